The van der Waals surface area contributed by atoms with Gasteiger partial charge in [0.1, 0.15) is 6.67 Å². The minimum Gasteiger partial charge on any atom is -0.461 e. The van der Waals surface area contributed by atoms with Gasteiger partial charge < -0.3 is 10.1 Å². The molecule has 92 valence electrons. The smallest absolute Gasteiger partial charge is 0.358 e. The number of anilines is 1. The van der Waals surface area contributed by atoms with Crippen LogP contribution >= 0.6 is 0 Å². The highest BCUT2D eigenvalue weighted by atomic mass is 16.5. The van der Waals surface area contributed by atoms with Crippen LogP contribution in [0.2, 0.25) is 0 Å². The van der Waals surface area contributed by atoms with E-state index in [0.717, 1.165) is 16.9 Å². The Morgan fingerprint density at radius 1 is 1.50 bits per heavy atom. The minimum absolute atomic E-state index is 0.352. The summed E-state index contributed by atoms with van der Waals surface area (Å²) in [6.45, 7) is 2.70. The van der Waals surface area contributed by atoms with E-state index < -0.39 is 0 Å². The molecule has 2 aromatic rings. The lowest BCUT2D eigenvalue weighted by atomic mass is 10.1. The molecule has 5 nitrogen and oxygen atoms in total. The Balaban J connectivity index is 2.04. The number of esters is 1. The maximum absolute atomic E-state index is 11.7. The average molecular weight is 243 g/mol. The average Bonchev–Trinajstić information content (AvgIpc) is 2.83. The fourth-order valence-corrected chi connectivity index (χ4v) is 2.08. The number of nitrogens with zero attached hydrogens (tertiary/aromatic N) is 2. The second kappa shape index (κ2) is 4.18. The first kappa shape index (κ1) is 10.8. The maximum atomic E-state index is 11.7. The van der Waals surface area contributed by atoms with E-state index in [1.54, 1.807) is 17.7 Å². The van der Waals surface area contributed by atoms with E-state index in [4.69, 9.17) is 4.74 Å². The summed E-state index contributed by atoms with van der Waals surface area (Å²) < 4.78 is 6.73. The normalized spacial score (nSPS) is 12.3. The van der Waals surface area contributed by atoms with Crippen LogP contribution in [0.5, 0.6) is 0 Å². The standard InChI is InChI=1S/C13H13N3O2/c1-2-18-13(17)11-7-12-9-5-3-4-6-10(9)14-8-16(12)15-11/h3-7,14H,2,8H2,1H3. The van der Waals surface area contributed by atoms with Crippen molar-refractivity contribution in [3.8, 4) is 11.3 Å². The third-order valence-electron chi connectivity index (χ3n) is 2.89. The van der Waals surface area contributed by atoms with E-state index in [9.17, 15) is 4.79 Å². The summed E-state index contributed by atoms with van der Waals surface area (Å²) >= 11 is 0. The monoisotopic (exact) mass is 243 g/mol. The van der Waals surface area contributed by atoms with Gasteiger partial charge >= 0.3 is 5.97 Å². The van der Waals surface area contributed by atoms with Crippen molar-refractivity contribution in [2.45, 2.75) is 13.6 Å². The number of hydrogen-bond donors (Lipinski definition) is 1. The molecule has 0 bridgehead atoms. The molecule has 0 saturated carbocycles. The predicted molar refractivity (Wildman–Crippen MR) is 67.2 cm³/mol. The molecule has 0 unspecified atom stereocenters. The lowest BCUT2D eigenvalue weighted by Gasteiger charge is -2.19. The van der Waals surface area contributed by atoms with Crippen molar-refractivity contribution in [1.29, 1.82) is 0 Å². The molecule has 5 heteroatoms. The lowest BCUT2D eigenvalue weighted by molar-refractivity contribution is 0.0518. The fourth-order valence-electron chi connectivity index (χ4n) is 2.08. The summed E-state index contributed by atoms with van der Waals surface area (Å²) in [6.07, 6.45) is 0. The van der Waals surface area contributed by atoms with E-state index in [2.05, 4.69) is 10.4 Å². The molecular formula is C13H13N3O2. The quantitative estimate of drug-likeness (QED) is 0.821. The van der Waals surface area contributed by atoms with Crippen LogP contribution in [-0.2, 0) is 11.4 Å². The molecule has 3 rings (SSSR count). The number of para-hydroxylation sites is 1. The van der Waals surface area contributed by atoms with Gasteiger partial charge in [-0.15, -0.1) is 0 Å². The third kappa shape index (κ3) is 1.64. The van der Waals surface area contributed by atoms with Crippen LogP contribution in [0.15, 0.2) is 30.3 Å². The second-order valence-corrected chi connectivity index (χ2v) is 4.02. The lowest BCUT2D eigenvalue weighted by Crippen LogP contribution is -2.16. The summed E-state index contributed by atoms with van der Waals surface area (Å²) in [4.78, 5) is 11.7. The SMILES string of the molecule is CCOC(=O)c1cc2n(n1)CNc1ccccc1-2. The Morgan fingerprint density at radius 2 is 2.33 bits per heavy atom. The van der Waals surface area contributed by atoms with Crippen LogP contribution in [0.4, 0.5) is 5.69 Å². The molecule has 1 aliphatic rings. The van der Waals surface area contributed by atoms with Crippen molar-refractivity contribution in [1.82, 2.24) is 9.78 Å². The Labute approximate surface area is 104 Å². The van der Waals surface area contributed by atoms with Gasteiger partial charge in [0.15, 0.2) is 5.69 Å². The number of carbonyl (C=O) groups is 1. The summed E-state index contributed by atoms with van der Waals surface area (Å²) in [5, 5.41) is 7.50. The van der Waals surface area contributed by atoms with Gasteiger partial charge in [0.05, 0.1) is 12.3 Å². The van der Waals surface area contributed by atoms with Gasteiger partial charge in [-0.2, -0.15) is 5.10 Å². The summed E-state index contributed by atoms with van der Waals surface area (Å²) in [6, 6.07) is 9.73. The van der Waals surface area contributed by atoms with Crippen LogP contribution in [-0.4, -0.2) is 22.4 Å². The van der Waals surface area contributed by atoms with Crippen molar-refractivity contribution >= 4 is 11.7 Å². The minimum atomic E-state index is -0.378. The van der Waals surface area contributed by atoms with Crippen LogP contribution < -0.4 is 5.32 Å². The highest BCUT2D eigenvalue weighted by Crippen LogP contribution is 2.31. The van der Waals surface area contributed by atoms with Crippen molar-refractivity contribution in [3.63, 3.8) is 0 Å². The van der Waals surface area contributed by atoms with E-state index >= 15 is 0 Å². The fraction of sp³-hybridized carbons (Fsp3) is 0.231. The topological polar surface area (TPSA) is 56.2 Å². The second-order valence-electron chi connectivity index (χ2n) is 4.02. The molecular weight excluding hydrogens is 230 g/mol. The molecule has 1 aromatic heterocycles. The van der Waals surface area contributed by atoms with Gasteiger partial charge in [-0.1, -0.05) is 18.2 Å². The number of rotatable bonds is 2. The Bertz CT molecular complexity index is 604. The van der Waals surface area contributed by atoms with Crippen molar-refractivity contribution < 1.29 is 9.53 Å². The molecule has 0 atom stereocenters. The van der Waals surface area contributed by atoms with Crippen LogP contribution in [0, 0.1) is 0 Å². The number of aromatic nitrogens is 2. The highest BCUT2D eigenvalue weighted by molar-refractivity contribution is 5.90. The van der Waals surface area contributed by atoms with E-state index in [-0.39, 0.29) is 5.97 Å². The molecule has 1 aliphatic heterocycles. The van der Waals surface area contributed by atoms with Gasteiger partial charge in [-0.25, -0.2) is 9.48 Å². The Morgan fingerprint density at radius 3 is 3.17 bits per heavy atom. The highest BCUT2D eigenvalue weighted by Gasteiger charge is 2.20. The summed E-state index contributed by atoms with van der Waals surface area (Å²) in [5.41, 5.74) is 3.39. The van der Waals surface area contributed by atoms with E-state index in [1.807, 2.05) is 24.3 Å². The number of hydrogen-bond acceptors (Lipinski definition) is 4. The van der Waals surface area contributed by atoms with Gasteiger partial charge in [0.2, 0.25) is 0 Å². The number of ether oxygens (including phenoxy) is 1. The zero-order valence-electron chi connectivity index (χ0n) is 10.0. The number of fused-ring (bicyclic) bond motifs is 3. The molecule has 0 spiro atoms. The molecule has 18 heavy (non-hydrogen) atoms. The molecule has 0 aliphatic carbocycles. The largest absolute Gasteiger partial charge is 0.461 e. The number of benzene rings is 1. The zero-order chi connectivity index (χ0) is 12.5. The molecule has 0 fully saturated rings. The van der Waals surface area contributed by atoms with Crippen LogP contribution in [0.3, 0.4) is 0 Å². The molecule has 0 saturated heterocycles. The molecule has 1 aromatic carbocycles. The van der Waals surface area contributed by atoms with Crippen molar-refractivity contribution in [3.05, 3.63) is 36.0 Å². The first-order chi connectivity index (χ1) is 8.79. The number of carbonyl (C=O) groups excluding carboxylic acids is 1. The molecule has 0 amide bonds. The maximum Gasteiger partial charge on any atom is 0.358 e. The van der Waals surface area contributed by atoms with E-state index in [0.29, 0.717) is 19.0 Å². The summed E-state index contributed by atoms with van der Waals surface area (Å²) in [5.74, 6) is -0.378. The van der Waals surface area contributed by atoms with Crippen molar-refractivity contribution in [2.75, 3.05) is 11.9 Å². The Hall–Kier alpha value is -2.30. The first-order valence-corrected chi connectivity index (χ1v) is 5.88. The van der Waals surface area contributed by atoms with Crippen molar-refractivity contribution in [2.24, 2.45) is 0 Å². The molecule has 2 heterocycles. The summed E-state index contributed by atoms with van der Waals surface area (Å²) in [7, 11) is 0. The van der Waals surface area contributed by atoms with Gasteiger partial charge in [-0.3, -0.25) is 0 Å². The van der Waals surface area contributed by atoms with Crippen LogP contribution in [0.25, 0.3) is 11.3 Å². The van der Waals surface area contributed by atoms with Crippen LogP contribution in [0.1, 0.15) is 17.4 Å². The first-order valence-electron chi connectivity index (χ1n) is 5.88. The van der Waals surface area contributed by atoms with Gasteiger partial charge in [-0.05, 0) is 19.1 Å². The van der Waals surface area contributed by atoms with E-state index in [1.165, 1.54) is 0 Å². The van der Waals surface area contributed by atoms with Gasteiger partial charge in [0, 0.05) is 11.3 Å². The van der Waals surface area contributed by atoms with Gasteiger partial charge in [0.25, 0.3) is 0 Å². The molecule has 0 radical (unpaired) electrons. The number of nitrogens with one attached hydrogen (secondary N) is 1. The Kier molecular flexibility index (Phi) is 2.51. The molecule has 1 N–H and O–H groups in total. The third-order valence-corrected chi connectivity index (χ3v) is 2.89. The zero-order valence-corrected chi connectivity index (χ0v) is 10.0. The predicted octanol–water partition coefficient (Wildman–Crippen LogP) is 2.11.